The van der Waals surface area contributed by atoms with Crippen LogP contribution in [-0.4, -0.2) is 42.5 Å². The zero-order valence-electron chi connectivity index (χ0n) is 13.5. The van der Waals surface area contributed by atoms with Gasteiger partial charge in [0, 0.05) is 19.1 Å². The molecule has 1 saturated heterocycles. The van der Waals surface area contributed by atoms with Crippen LogP contribution in [0.3, 0.4) is 0 Å². The molecule has 1 saturated carbocycles. The molecule has 1 heterocycles. The van der Waals surface area contributed by atoms with E-state index in [1.807, 2.05) is 11.0 Å². The Labute approximate surface area is 137 Å². The van der Waals surface area contributed by atoms with Gasteiger partial charge in [-0.25, -0.2) is 4.79 Å². The van der Waals surface area contributed by atoms with Crippen LogP contribution in [0.15, 0.2) is 30.3 Å². The molecule has 1 aliphatic carbocycles. The third kappa shape index (κ3) is 4.98. The molecule has 0 aromatic heterocycles. The van der Waals surface area contributed by atoms with Gasteiger partial charge in [-0.1, -0.05) is 30.3 Å². The second-order valence-corrected chi connectivity index (χ2v) is 6.62. The summed E-state index contributed by atoms with van der Waals surface area (Å²) in [7, 11) is 0. The van der Waals surface area contributed by atoms with Crippen LogP contribution < -0.4 is 10.6 Å². The predicted octanol–water partition coefficient (Wildman–Crippen LogP) is 1.93. The lowest BCUT2D eigenvalue weighted by atomic mass is 9.90. The van der Waals surface area contributed by atoms with E-state index < -0.39 is 0 Å². The van der Waals surface area contributed by atoms with Gasteiger partial charge in [-0.15, -0.1) is 0 Å². The third-order valence-electron chi connectivity index (χ3n) is 4.65. The summed E-state index contributed by atoms with van der Waals surface area (Å²) in [4.78, 5) is 25.6. The number of nitrogens with zero attached hydrogens (tertiary/aromatic N) is 1. The fraction of sp³-hybridized carbons (Fsp3) is 0.556. The van der Waals surface area contributed by atoms with Gasteiger partial charge in [0.05, 0.1) is 6.54 Å². The zero-order chi connectivity index (χ0) is 16.1. The predicted molar refractivity (Wildman–Crippen MR) is 89.0 cm³/mol. The molecule has 1 aromatic rings. The molecular formula is C18H25N3O2. The summed E-state index contributed by atoms with van der Waals surface area (Å²) in [5.41, 5.74) is 1.37. The maximum atomic E-state index is 12.2. The monoisotopic (exact) mass is 315 g/mol. The van der Waals surface area contributed by atoms with E-state index in [0.717, 1.165) is 45.2 Å². The molecule has 23 heavy (non-hydrogen) atoms. The lowest BCUT2D eigenvalue weighted by Crippen LogP contribution is -2.46. The number of rotatable bonds is 5. The van der Waals surface area contributed by atoms with E-state index in [2.05, 4.69) is 34.9 Å². The first-order valence-electron chi connectivity index (χ1n) is 8.57. The molecule has 3 rings (SSSR count). The molecular weight excluding hydrogens is 290 g/mol. The van der Waals surface area contributed by atoms with Crippen molar-refractivity contribution < 1.29 is 9.59 Å². The molecule has 2 aliphatic rings. The summed E-state index contributed by atoms with van der Waals surface area (Å²) < 4.78 is 0. The maximum Gasteiger partial charge on any atom is 0.315 e. The topological polar surface area (TPSA) is 61.4 Å². The minimum atomic E-state index is -0.222. The highest BCUT2D eigenvalue weighted by Crippen LogP contribution is 2.21. The van der Waals surface area contributed by atoms with Crippen LogP contribution in [0.2, 0.25) is 0 Å². The Kier molecular flexibility index (Phi) is 5.16. The maximum absolute atomic E-state index is 12.2. The Balaban J connectivity index is 1.36. The average molecular weight is 315 g/mol. The van der Waals surface area contributed by atoms with Gasteiger partial charge >= 0.3 is 6.03 Å². The highest BCUT2D eigenvalue weighted by Gasteiger charge is 2.25. The van der Waals surface area contributed by atoms with E-state index in [1.54, 1.807) is 0 Å². The van der Waals surface area contributed by atoms with Crippen LogP contribution in [0.25, 0.3) is 0 Å². The number of carbonyl (C=O) groups is 2. The van der Waals surface area contributed by atoms with E-state index in [1.165, 1.54) is 5.56 Å². The number of hydrogen-bond acceptors (Lipinski definition) is 2. The quantitative estimate of drug-likeness (QED) is 0.872. The van der Waals surface area contributed by atoms with Gasteiger partial charge in [0.15, 0.2) is 0 Å². The number of piperidine rings is 1. The second kappa shape index (κ2) is 7.49. The zero-order valence-corrected chi connectivity index (χ0v) is 13.5. The fourth-order valence-electron chi connectivity index (χ4n) is 3.07. The van der Waals surface area contributed by atoms with Crippen LogP contribution in [0.5, 0.6) is 0 Å². The van der Waals surface area contributed by atoms with Gasteiger partial charge in [-0.05, 0) is 43.6 Å². The first kappa shape index (κ1) is 15.8. The van der Waals surface area contributed by atoms with Gasteiger partial charge in [-0.3, -0.25) is 4.79 Å². The summed E-state index contributed by atoms with van der Waals surface area (Å²) in [6, 6.07) is 10.6. The average Bonchev–Trinajstić information content (AvgIpc) is 3.38. The number of benzene rings is 1. The van der Waals surface area contributed by atoms with Crippen molar-refractivity contribution >= 4 is 11.9 Å². The number of carbonyl (C=O) groups excluding carboxylic acids is 2. The molecule has 5 heteroatoms. The smallest absolute Gasteiger partial charge is 0.315 e. The van der Waals surface area contributed by atoms with E-state index in [0.29, 0.717) is 12.0 Å². The van der Waals surface area contributed by atoms with E-state index in [4.69, 9.17) is 0 Å². The Morgan fingerprint density at radius 1 is 1.04 bits per heavy atom. The van der Waals surface area contributed by atoms with Crippen LogP contribution >= 0.6 is 0 Å². The summed E-state index contributed by atoms with van der Waals surface area (Å²) in [6.07, 6.45) is 5.27. The normalized spacial score (nSPS) is 18.5. The first-order valence-corrected chi connectivity index (χ1v) is 8.57. The summed E-state index contributed by atoms with van der Waals surface area (Å²) >= 11 is 0. The SMILES string of the molecule is O=C(NCC(=O)N1CCC(Cc2ccccc2)CC1)NC1CC1. The van der Waals surface area contributed by atoms with Gasteiger partial charge < -0.3 is 15.5 Å². The molecule has 1 aliphatic heterocycles. The number of amides is 3. The van der Waals surface area contributed by atoms with E-state index in [-0.39, 0.29) is 18.5 Å². The second-order valence-electron chi connectivity index (χ2n) is 6.62. The van der Waals surface area contributed by atoms with Gasteiger partial charge in [0.1, 0.15) is 0 Å². The van der Waals surface area contributed by atoms with Crippen LogP contribution in [0, 0.1) is 5.92 Å². The van der Waals surface area contributed by atoms with Crippen LogP contribution in [0.4, 0.5) is 4.79 Å². The number of urea groups is 1. The molecule has 0 bridgehead atoms. The van der Waals surface area contributed by atoms with Crippen molar-refractivity contribution in [3.8, 4) is 0 Å². The van der Waals surface area contributed by atoms with Crippen LogP contribution in [-0.2, 0) is 11.2 Å². The fourth-order valence-corrected chi connectivity index (χ4v) is 3.07. The van der Waals surface area contributed by atoms with Crippen molar-refractivity contribution in [2.45, 2.75) is 38.1 Å². The molecule has 2 fully saturated rings. The van der Waals surface area contributed by atoms with Gasteiger partial charge in [0.25, 0.3) is 0 Å². The van der Waals surface area contributed by atoms with Crippen molar-refractivity contribution in [3.63, 3.8) is 0 Å². The minimum absolute atomic E-state index is 0.0223. The lowest BCUT2D eigenvalue weighted by Gasteiger charge is -2.32. The van der Waals surface area contributed by atoms with E-state index >= 15 is 0 Å². The molecule has 1 aromatic carbocycles. The third-order valence-corrected chi connectivity index (χ3v) is 4.65. The van der Waals surface area contributed by atoms with Gasteiger partial charge in [0.2, 0.25) is 5.91 Å². The Hall–Kier alpha value is -2.04. The molecule has 0 unspecified atom stereocenters. The van der Waals surface area contributed by atoms with Gasteiger partial charge in [-0.2, -0.15) is 0 Å². The molecule has 124 valence electrons. The highest BCUT2D eigenvalue weighted by molar-refractivity contribution is 5.84. The molecule has 0 radical (unpaired) electrons. The van der Waals surface area contributed by atoms with Crippen molar-refractivity contribution in [2.24, 2.45) is 5.92 Å². The Morgan fingerprint density at radius 3 is 2.39 bits per heavy atom. The summed E-state index contributed by atoms with van der Waals surface area (Å²) in [5, 5.41) is 5.49. The van der Waals surface area contributed by atoms with Crippen molar-refractivity contribution in [3.05, 3.63) is 35.9 Å². The number of likely N-dealkylation sites (tertiary alicyclic amines) is 1. The Bertz CT molecular complexity index is 534. The number of nitrogens with one attached hydrogen (secondary N) is 2. The number of hydrogen-bond donors (Lipinski definition) is 2. The molecule has 2 N–H and O–H groups in total. The van der Waals surface area contributed by atoms with Crippen molar-refractivity contribution in [1.82, 2.24) is 15.5 Å². The Morgan fingerprint density at radius 2 is 1.74 bits per heavy atom. The van der Waals surface area contributed by atoms with E-state index in [9.17, 15) is 9.59 Å². The standard InChI is InChI=1S/C18H25N3O2/c22-17(13-19-18(23)20-16-6-7-16)21-10-8-15(9-11-21)12-14-4-2-1-3-5-14/h1-5,15-16H,6-13H2,(H2,19,20,23). The largest absolute Gasteiger partial charge is 0.341 e. The van der Waals surface area contributed by atoms with Crippen molar-refractivity contribution in [2.75, 3.05) is 19.6 Å². The molecule has 0 spiro atoms. The minimum Gasteiger partial charge on any atom is -0.341 e. The summed E-state index contributed by atoms with van der Waals surface area (Å²) in [5.74, 6) is 0.668. The first-order chi connectivity index (χ1) is 11.2. The summed E-state index contributed by atoms with van der Waals surface area (Å²) in [6.45, 7) is 1.69. The van der Waals surface area contributed by atoms with Crippen molar-refractivity contribution in [1.29, 1.82) is 0 Å². The molecule has 3 amide bonds. The highest BCUT2D eigenvalue weighted by atomic mass is 16.2. The molecule has 0 atom stereocenters. The van der Waals surface area contributed by atoms with Crippen LogP contribution in [0.1, 0.15) is 31.2 Å². The lowest BCUT2D eigenvalue weighted by molar-refractivity contribution is -0.131. The molecule has 5 nitrogen and oxygen atoms in total.